The molecule has 2 aromatic rings. The monoisotopic (exact) mass is 391 g/mol. The van der Waals surface area contributed by atoms with Gasteiger partial charge in [-0.1, -0.05) is 11.6 Å². The number of phenolic OH excluding ortho intramolecular Hbond substituents is 1. The standard InChI is InChI=1S/C18H18ClN3O5/c19-13-1-2-14(15(8-13)22(24)25)21-5-3-20(4-6-21)10-12-7-17-18(9-16(12)23)27-11-26-17/h1-2,7-9,23H,3-6,10-11H2. The third kappa shape index (κ3) is 3.58. The lowest BCUT2D eigenvalue weighted by Gasteiger charge is -2.35. The van der Waals surface area contributed by atoms with E-state index >= 15 is 0 Å². The van der Waals surface area contributed by atoms with Gasteiger partial charge < -0.3 is 19.5 Å². The van der Waals surface area contributed by atoms with Crippen molar-refractivity contribution < 1.29 is 19.5 Å². The number of hydrogen-bond donors (Lipinski definition) is 1. The average Bonchev–Trinajstić information content (AvgIpc) is 3.10. The smallest absolute Gasteiger partial charge is 0.294 e. The Morgan fingerprint density at radius 2 is 1.81 bits per heavy atom. The molecule has 2 aliphatic rings. The number of phenols is 1. The van der Waals surface area contributed by atoms with Crippen LogP contribution in [0.2, 0.25) is 5.02 Å². The molecule has 2 aromatic carbocycles. The summed E-state index contributed by atoms with van der Waals surface area (Å²) in [5, 5.41) is 21.9. The summed E-state index contributed by atoms with van der Waals surface area (Å²) in [6.45, 7) is 3.46. The zero-order valence-corrected chi connectivity index (χ0v) is 15.2. The number of piperazine rings is 1. The first-order chi connectivity index (χ1) is 13.0. The summed E-state index contributed by atoms with van der Waals surface area (Å²) in [7, 11) is 0. The van der Waals surface area contributed by atoms with E-state index in [9.17, 15) is 15.2 Å². The molecular formula is C18H18ClN3O5. The molecule has 2 aliphatic heterocycles. The van der Waals surface area contributed by atoms with Crippen LogP contribution in [0.1, 0.15) is 5.56 Å². The molecule has 2 heterocycles. The first kappa shape index (κ1) is 17.7. The quantitative estimate of drug-likeness (QED) is 0.633. The van der Waals surface area contributed by atoms with Crippen molar-refractivity contribution in [1.82, 2.24) is 4.90 Å². The van der Waals surface area contributed by atoms with Crippen LogP contribution in [0.5, 0.6) is 17.2 Å². The molecule has 8 nitrogen and oxygen atoms in total. The van der Waals surface area contributed by atoms with Gasteiger partial charge in [-0.2, -0.15) is 0 Å². The lowest BCUT2D eigenvalue weighted by molar-refractivity contribution is -0.384. The molecule has 0 atom stereocenters. The molecule has 0 bridgehead atoms. The van der Waals surface area contributed by atoms with Gasteiger partial charge in [0.05, 0.1) is 4.92 Å². The maximum atomic E-state index is 11.3. The van der Waals surface area contributed by atoms with E-state index in [-0.39, 0.29) is 18.2 Å². The fourth-order valence-electron chi connectivity index (χ4n) is 3.40. The van der Waals surface area contributed by atoms with Crippen molar-refractivity contribution in [1.29, 1.82) is 0 Å². The highest BCUT2D eigenvalue weighted by molar-refractivity contribution is 6.30. The molecule has 1 fully saturated rings. The summed E-state index contributed by atoms with van der Waals surface area (Å²) in [5.41, 5.74) is 1.37. The minimum absolute atomic E-state index is 0.0179. The Kier molecular flexibility index (Phi) is 4.67. The van der Waals surface area contributed by atoms with Gasteiger partial charge in [-0.25, -0.2) is 0 Å². The summed E-state index contributed by atoms with van der Waals surface area (Å²) in [6, 6.07) is 8.12. The highest BCUT2D eigenvalue weighted by Gasteiger charge is 2.25. The number of rotatable bonds is 4. The number of benzene rings is 2. The Morgan fingerprint density at radius 1 is 1.11 bits per heavy atom. The molecule has 0 unspecified atom stereocenters. The molecule has 4 rings (SSSR count). The molecule has 0 radical (unpaired) electrons. The van der Waals surface area contributed by atoms with Gasteiger partial charge in [0.1, 0.15) is 11.4 Å². The summed E-state index contributed by atoms with van der Waals surface area (Å²) in [4.78, 5) is 15.1. The van der Waals surface area contributed by atoms with Gasteiger partial charge in [-0.05, 0) is 18.2 Å². The SMILES string of the molecule is O=[N+]([O-])c1cc(Cl)ccc1N1CCN(Cc2cc3c(cc2O)OCO3)CC1. The molecule has 0 aromatic heterocycles. The summed E-state index contributed by atoms with van der Waals surface area (Å²) in [6.07, 6.45) is 0. The predicted octanol–water partition coefficient (Wildman–Crippen LogP) is 3.00. The fraction of sp³-hybridized carbons (Fsp3) is 0.333. The third-order valence-electron chi connectivity index (χ3n) is 4.81. The number of nitro groups is 1. The highest BCUT2D eigenvalue weighted by Crippen LogP contribution is 2.38. The van der Waals surface area contributed by atoms with Gasteiger partial charge >= 0.3 is 0 Å². The molecule has 1 N–H and O–H groups in total. The lowest BCUT2D eigenvalue weighted by Crippen LogP contribution is -2.46. The van der Waals surface area contributed by atoms with Crippen molar-refractivity contribution in [2.24, 2.45) is 0 Å². The minimum atomic E-state index is -0.405. The van der Waals surface area contributed by atoms with Crippen molar-refractivity contribution in [2.45, 2.75) is 6.54 Å². The van der Waals surface area contributed by atoms with E-state index in [4.69, 9.17) is 21.1 Å². The number of ether oxygens (including phenoxy) is 2. The number of halogens is 1. The van der Waals surface area contributed by atoms with Crippen LogP contribution >= 0.6 is 11.6 Å². The Balaban J connectivity index is 1.44. The molecule has 1 saturated heterocycles. The number of aromatic hydroxyl groups is 1. The first-order valence-corrected chi connectivity index (χ1v) is 8.92. The number of nitrogens with zero attached hydrogens (tertiary/aromatic N) is 3. The zero-order chi connectivity index (χ0) is 19.0. The van der Waals surface area contributed by atoms with E-state index in [0.29, 0.717) is 54.9 Å². The number of nitro benzene ring substituents is 1. The van der Waals surface area contributed by atoms with E-state index in [1.165, 1.54) is 6.07 Å². The molecule has 0 spiro atoms. The van der Waals surface area contributed by atoms with E-state index in [1.54, 1.807) is 24.3 Å². The third-order valence-corrected chi connectivity index (χ3v) is 5.05. The Labute approximate surface area is 160 Å². The maximum absolute atomic E-state index is 11.3. The Bertz CT molecular complexity index is 884. The van der Waals surface area contributed by atoms with Gasteiger partial charge in [0, 0.05) is 55.4 Å². The Hall–Kier alpha value is -2.71. The van der Waals surface area contributed by atoms with E-state index < -0.39 is 4.92 Å². The van der Waals surface area contributed by atoms with E-state index in [0.717, 1.165) is 5.56 Å². The van der Waals surface area contributed by atoms with Crippen molar-refractivity contribution in [3.05, 3.63) is 51.0 Å². The highest BCUT2D eigenvalue weighted by atomic mass is 35.5. The van der Waals surface area contributed by atoms with Gasteiger partial charge in [0.2, 0.25) is 6.79 Å². The summed E-state index contributed by atoms with van der Waals surface area (Å²) in [5.74, 6) is 1.37. The second-order valence-corrected chi connectivity index (χ2v) is 6.92. The van der Waals surface area contributed by atoms with Gasteiger partial charge in [-0.15, -0.1) is 0 Å². The van der Waals surface area contributed by atoms with Gasteiger partial charge in [0.25, 0.3) is 5.69 Å². The predicted molar refractivity (Wildman–Crippen MR) is 99.8 cm³/mol. The molecule has 0 aliphatic carbocycles. The van der Waals surface area contributed by atoms with Crippen molar-refractivity contribution in [2.75, 3.05) is 37.9 Å². The zero-order valence-electron chi connectivity index (χ0n) is 14.4. The van der Waals surface area contributed by atoms with Crippen LogP contribution < -0.4 is 14.4 Å². The summed E-state index contributed by atoms with van der Waals surface area (Å²) >= 11 is 5.89. The maximum Gasteiger partial charge on any atom is 0.294 e. The largest absolute Gasteiger partial charge is 0.507 e. The number of hydrogen-bond acceptors (Lipinski definition) is 7. The summed E-state index contributed by atoms with van der Waals surface area (Å²) < 4.78 is 10.6. The van der Waals surface area contributed by atoms with Crippen molar-refractivity contribution >= 4 is 23.0 Å². The number of anilines is 1. The molecular weight excluding hydrogens is 374 g/mol. The lowest BCUT2D eigenvalue weighted by atomic mass is 10.1. The first-order valence-electron chi connectivity index (χ1n) is 8.54. The average molecular weight is 392 g/mol. The van der Waals surface area contributed by atoms with Crippen LogP contribution in [-0.2, 0) is 6.54 Å². The van der Waals surface area contributed by atoms with Crippen LogP contribution in [0.4, 0.5) is 11.4 Å². The topological polar surface area (TPSA) is 88.3 Å². The van der Waals surface area contributed by atoms with Crippen LogP contribution in [0.3, 0.4) is 0 Å². The second kappa shape index (κ2) is 7.13. The second-order valence-electron chi connectivity index (χ2n) is 6.49. The molecule has 0 saturated carbocycles. The fourth-order valence-corrected chi connectivity index (χ4v) is 3.56. The van der Waals surface area contributed by atoms with Crippen LogP contribution in [0.15, 0.2) is 30.3 Å². The molecule has 142 valence electrons. The van der Waals surface area contributed by atoms with Gasteiger partial charge in [0.15, 0.2) is 11.5 Å². The Morgan fingerprint density at radius 3 is 2.52 bits per heavy atom. The minimum Gasteiger partial charge on any atom is -0.507 e. The van der Waals surface area contributed by atoms with Crippen LogP contribution in [0.25, 0.3) is 0 Å². The van der Waals surface area contributed by atoms with Gasteiger partial charge in [-0.3, -0.25) is 15.0 Å². The van der Waals surface area contributed by atoms with E-state index in [1.807, 2.05) is 4.90 Å². The number of fused-ring (bicyclic) bond motifs is 1. The van der Waals surface area contributed by atoms with Crippen LogP contribution in [0, 0.1) is 10.1 Å². The van der Waals surface area contributed by atoms with E-state index in [2.05, 4.69) is 4.90 Å². The molecule has 27 heavy (non-hydrogen) atoms. The normalized spacial score (nSPS) is 16.6. The van der Waals surface area contributed by atoms with Crippen molar-refractivity contribution in [3.8, 4) is 17.2 Å². The van der Waals surface area contributed by atoms with Crippen molar-refractivity contribution in [3.63, 3.8) is 0 Å². The molecule has 9 heteroatoms. The molecule has 0 amide bonds. The van der Waals surface area contributed by atoms with Crippen LogP contribution in [-0.4, -0.2) is 47.9 Å².